The van der Waals surface area contributed by atoms with Gasteiger partial charge in [0.25, 0.3) is 0 Å². The highest BCUT2D eigenvalue weighted by Crippen LogP contribution is 2.44. The summed E-state index contributed by atoms with van der Waals surface area (Å²) in [6, 6.07) is 16.2. The molecule has 4 atom stereocenters. The number of hydrogen-bond acceptors (Lipinski definition) is 3. The Hall–Kier alpha value is -1.39. The van der Waals surface area contributed by atoms with Gasteiger partial charge in [-0.05, 0) is 60.2 Å². The SMILES string of the molecule is C[C@@H]1ON(C)[C@H]2C[C@H]3c4cc(-c5cccc(Cl)c5)ccc4CCN3C[C@@H]12. The lowest BCUT2D eigenvalue weighted by atomic mass is 9.79. The lowest BCUT2D eigenvalue weighted by Crippen LogP contribution is -2.50. The van der Waals surface area contributed by atoms with Crippen molar-refractivity contribution in [2.24, 2.45) is 5.92 Å². The molecule has 3 aliphatic rings. The first-order valence-corrected chi connectivity index (χ1v) is 10.0. The summed E-state index contributed by atoms with van der Waals surface area (Å²) in [5.41, 5.74) is 5.46. The molecule has 0 amide bonds. The van der Waals surface area contributed by atoms with Crippen LogP contribution in [0.5, 0.6) is 0 Å². The van der Waals surface area contributed by atoms with Crippen molar-refractivity contribution in [1.82, 2.24) is 9.96 Å². The van der Waals surface area contributed by atoms with Crippen molar-refractivity contribution in [3.63, 3.8) is 0 Å². The minimum atomic E-state index is 0.324. The molecule has 0 aliphatic carbocycles. The van der Waals surface area contributed by atoms with E-state index in [1.165, 1.54) is 22.3 Å². The number of fused-ring (bicyclic) bond motifs is 4. The van der Waals surface area contributed by atoms with Crippen LogP contribution in [0.4, 0.5) is 0 Å². The zero-order valence-electron chi connectivity index (χ0n) is 15.4. The monoisotopic (exact) mass is 368 g/mol. The molecule has 3 heterocycles. The predicted octanol–water partition coefficient (Wildman–Crippen LogP) is 4.56. The molecule has 0 unspecified atom stereocenters. The van der Waals surface area contributed by atoms with Crippen molar-refractivity contribution in [2.45, 2.75) is 38.0 Å². The average molecular weight is 369 g/mol. The topological polar surface area (TPSA) is 15.7 Å². The van der Waals surface area contributed by atoms with Gasteiger partial charge in [0.2, 0.25) is 0 Å². The molecule has 136 valence electrons. The quantitative estimate of drug-likeness (QED) is 0.733. The van der Waals surface area contributed by atoms with Gasteiger partial charge < -0.3 is 0 Å². The normalized spacial score (nSPS) is 31.3. The maximum atomic E-state index is 6.21. The first-order valence-electron chi connectivity index (χ1n) is 9.62. The van der Waals surface area contributed by atoms with Gasteiger partial charge in [-0.1, -0.05) is 35.9 Å². The summed E-state index contributed by atoms with van der Waals surface area (Å²) in [5, 5.41) is 2.91. The van der Waals surface area contributed by atoms with E-state index in [0.29, 0.717) is 24.1 Å². The Balaban J connectivity index is 1.51. The standard InChI is InChI=1S/C22H25ClN2O/c1-14-20-13-25-9-8-15-6-7-17(16-4-3-5-18(23)10-16)11-19(15)22(25)12-21(20)24(2)26-14/h3-7,10-11,14,20-22H,8-9,12-13H2,1-2H3/t14-,20-,21-,22-/m0/s1. The highest BCUT2D eigenvalue weighted by molar-refractivity contribution is 6.30. The molecule has 0 aromatic heterocycles. The van der Waals surface area contributed by atoms with Crippen molar-refractivity contribution in [2.75, 3.05) is 20.1 Å². The maximum Gasteiger partial charge on any atom is 0.0821 e. The van der Waals surface area contributed by atoms with Crippen LogP contribution >= 0.6 is 11.6 Å². The van der Waals surface area contributed by atoms with E-state index in [-0.39, 0.29) is 0 Å². The summed E-state index contributed by atoms with van der Waals surface area (Å²) >= 11 is 6.21. The maximum absolute atomic E-state index is 6.21. The van der Waals surface area contributed by atoms with Crippen LogP contribution in [0.3, 0.4) is 0 Å². The third kappa shape index (κ3) is 2.69. The van der Waals surface area contributed by atoms with Gasteiger partial charge in [-0.15, -0.1) is 0 Å². The molecule has 0 spiro atoms. The molecule has 2 fully saturated rings. The molecule has 2 aromatic rings. The summed E-state index contributed by atoms with van der Waals surface area (Å²) < 4.78 is 0. The zero-order valence-corrected chi connectivity index (χ0v) is 16.1. The molecule has 4 heteroatoms. The fraction of sp³-hybridized carbons (Fsp3) is 0.455. The predicted molar refractivity (Wildman–Crippen MR) is 105 cm³/mol. The third-order valence-electron chi connectivity index (χ3n) is 6.58. The minimum Gasteiger partial charge on any atom is -0.296 e. The molecular formula is C22H25ClN2O. The molecule has 5 rings (SSSR count). The number of benzene rings is 2. The zero-order chi connectivity index (χ0) is 17.8. The molecule has 2 saturated heterocycles. The number of hydrogen-bond donors (Lipinski definition) is 0. The van der Waals surface area contributed by atoms with Crippen LogP contribution in [-0.2, 0) is 11.3 Å². The number of hydroxylamine groups is 2. The Kier molecular flexibility index (Phi) is 4.09. The highest BCUT2D eigenvalue weighted by Gasteiger charge is 2.47. The molecular weight excluding hydrogens is 344 g/mol. The average Bonchev–Trinajstić information content (AvgIpc) is 2.93. The second-order valence-electron chi connectivity index (χ2n) is 8.01. The summed E-state index contributed by atoms with van der Waals surface area (Å²) in [4.78, 5) is 8.69. The van der Waals surface area contributed by atoms with Crippen LogP contribution in [0.25, 0.3) is 11.1 Å². The van der Waals surface area contributed by atoms with E-state index in [4.69, 9.17) is 16.4 Å². The molecule has 26 heavy (non-hydrogen) atoms. The van der Waals surface area contributed by atoms with E-state index >= 15 is 0 Å². The smallest absolute Gasteiger partial charge is 0.0821 e. The van der Waals surface area contributed by atoms with Crippen molar-refractivity contribution in [3.05, 3.63) is 58.6 Å². The largest absolute Gasteiger partial charge is 0.296 e. The Bertz CT molecular complexity index is 839. The molecule has 0 radical (unpaired) electrons. The van der Waals surface area contributed by atoms with Crippen LogP contribution in [0.2, 0.25) is 5.02 Å². The van der Waals surface area contributed by atoms with E-state index < -0.39 is 0 Å². The van der Waals surface area contributed by atoms with Gasteiger partial charge in [-0.2, -0.15) is 5.06 Å². The van der Waals surface area contributed by atoms with Crippen molar-refractivity contribution >= 4 is 11.6 Å². The van der Waals surface area contributed by atoms with E-state index in [0.717, 1.165) is 31.0 Å². The Morgan fingerprint density at radius 3 is 2.81 bits per heavy atom. The van der Waals surface area contributed by atoms with Crippen molar-refractivity contribution in [3.8, 4) is 11.1 Å². The lowest BCUT2D eigenvalue weighted by Gasteiger charge is -2.46. The van der Waals surface area contributed by atoms with Crippen molar-refractivity contribution in [1.29, 1.82) is 0 Å². The number of piperidine rings is 1. The second kappa shape index (κ2) is 6.35. The Morgan fingerprint density at radius 2 is 1.96 bits per heavy atom. The van der Waals surface area contributed by atoms with Gasteiger partial charge in [0.05, 0.1) is 6.10 Å². The van der Waals surface area contributed by atoms with E-state index in [9.17, 15) is 0 Å². The Labute approximate surface area is 160 Å². The fourth-order valence-electron chi connectivity index (χ4n) is 5.19. The summed E-state index contributed by atoms with van der Waals surface area (Å²) in [7, 11) is 2.10. The third-order valence-corrected chi connectivity index (χ3v) is 6.81. The van der Waals surface area contributed by atoms with Crippen LogP contribution in [0, 0.1) is 5.92 Å². The summed E-state index contributed by atoms with van der Waals surface area (Å²) in [6.07, 6.45) is 2.62. The molecule has 2 aromatic carbocycles. The van der Waals surface area contributed by atoms with Crippen LogP contribution in [-0.4, -0.2) is 42.2 Å². The van der Waals surface area contributed by atoms with E-state index in [1.807, 2.05) is 12.1 Å². The van der Waals surface area contributed by atoms with Gasteiger partial charge in [0.1, 0.15) is 0 Å². The van der Waals surface area contributed by atoms with Gasteiger partial charge in [0, 0.05) is 43.2 Å². The van der Waals surface area contributed by atoms with E-state index in [1.54, 1.807) is 0 Å². The van der Waals surface area contributed by atoms with Crippen LogP contribution in [0.1, 0.15) is 30.5 Å². The molecule has 0 N–H and O–H groups in total. The summed E-state index contributed by atoms with van der Waals surface area (Å²) in [5.74, 6) is 0.619. The lowest BCUT2D eigenvalue weighted by molar-refractivity contribution is -0.140. The highest BCUT2D eigenvalue weighted by atomic mass is 35.5. The van der Waals surface area contributed by atoms with Crippen LogP contribution in [0.15, 0.2) is 42.5 Å². The van der Waals surface area contributed by atoms with Gasteiger partial charge in [-0.25, -0.2) is 0 Å². The minimum absolute atomic E-state index is 0.324. The first-order chi connectivity index (χ1) is 12.6. The molecule has 0 bridgehead atoms. The number of rotatable bonds is 1. The van der Waals surface area contributed by atoms with Gasteiger partial charge in [0.15, 0.2) is 0 Å². The molecule has 3 nitrogen and oxygen atoms in total. The second-order valence-corrected chi connectivity index (χ2v) is 8.44. The number of halogens is 1. The molecule has 3 aliphatic heterocycles. The number of nitrogens with zero attached hydrogens (tertiary/aromatic N) is 2. The van der Waals surface area contributed by atoms with Crippen LogP contribution < -0.4 is 0 Å². The van der Waals surface area contributed by atoms with Gasteiger partial charge >= 0.3 is 0 Å². The fourth-order valence-corrected chi connectivity index (χ4v) is 5.38. The van der Waals surface area contributed by atoms with E-state index in [2.05, 4.69) is 54.3 Å². The van der Waals surface area contributed by atoms with Gasteiger partial charge in [-0.3, -0.25) is 9.74 Å². The molecule has 0 saturated carbocycles. The Morgan fingerprint density at radius 1 is 1.12 bits per heavy atom. The summed E-state index contributed by atoms with van der Waals surface area (Å²) in [6.45, 7) is 4.52. The van der Waals surface area contributed by atoms with Crippen molar-refractivity contribution < 1.29 is 4.84 Å². The first kappa shape index (κ1) is 16.8.